The van der Waals surface area contributed by atoms with E-state index >= 15 is 0 Å². The van der Waals surface area contributed by atoms with Gasteiger partial charge in [0, 0.05) is 24.0 Å². The molecule has 2 amide bonds. The van der Waals surface area contributed by atoms with Crippen LogP contribution in [-0.2, 0) is 9.53 Å². The van der Waals surface area contributed by atoms with E-state index in [1.54, 1.807) is 20.8 Å². The molecule has 0 heterocycles. The Labute approximate surface area is 199 Å². The number of alkyl carbamates (subject to hydrolysis) is 1. The Morgan fingerprint density at radius 2 is 1.71 bits per heavy atom. The molecule has 1 N–H and O–H groups in total. The number of hydrogen-bond donors (Lipinski definition) is 1. The number of halogens is 3. The van der Waals surface area contributed by atoms with E-state index in [2.05, 4.69) is 5.32 Å². The summed E-state index contributed by atoms with van der Waals surface area (Å²) in [7, 11) is 0. The lowest BCUT2D eigenvalue weighted by molar-refractivity contribution is -0.189. The third-order valence-electron chi connectivity index (χ3n) is 6.44. The van der Waals surface area contributed by atoms with Gasteiger partial charge in [-0.25, -0.2) is 4.79 Å². The Morgan fingerprint density at radius 1 is 1.09 bits per heavy atom. The average molecular weight is 481 g/mol. The van der Waals surface area contributed by atoms with Gasteiger partial charge >= 0.3 is 18.2 Å². The van der Waals surface area contributed by atoms with Gasteiger partial charge in [0.15, 0.2) is 0 Å². The van der Waals surface area contributed by atoms with Gasteiger partial charge in [0.2, 0.25) is 0 Å². The van der Waals surface area contributed by atoms with E-state index in [1.165, 1.54) is 0 Å². The minimum absolute atomic E-state index is 0.0610. The fourth-order valence-electron chi connectivity index (χ4n) is 4.83. The summed E-state index contributed by atoms with van der Waals surface area (Å²) in [6.45, 7) is 7.31. The summed E-state index contributed by atoms with van der Waals surface area (Å²) in [6, 6.07) is 8.59. The van der Waals surface area contributed by atoms with Crippen molar-refractivity contribution in [2.45, 2.75) is 96.1 Å². The van der Waals surface area contributed by atoms with Gasteiger partial charge < -0.3 is 15.0 Å². The zero-order chi connectivity index (χ0) is 25.1. The van der Waals surface area contributed by atoms with Crippen molar-refractivity contribution in [2.75, 3.05) is 0 Å². The first-order chi connectivity index (χ1) is 15.9. The van der Waals surface area contributed by atoms with E-state index in [4.69, 9.17) is 4.74 Å². The van der Waals surface area contributed by atoms with Crippen LogP contribution in [0, 0.1) is 5.92 Å². The molecular formula is C26H35F3N2O3. The molecule has 1 aromatic rings. The predicted octanol–water partition coefficient (Wildman–Crippen LogP) is 6.10. The quantitative estimate of drug-likeness (QED) is 0.536. The first kappa shape index (κ1) is 26.1. The van der Waals surface area contributed by atoms with Gasteiger partial charge in [0.25, 0.3) is 0 Å². The Morgan fingerprint density at radius 3 is 2.24 bits per heavy atom. The summed E-state index contributed by atoms with van der Waals surface area (Å²) in [4.78, 5) is 25.6. The molecule has 0 spiro atoms. The lowest BCUT2D eigenvalue weighted by Gasteiger charge is -2.38. The summed E-state index contributed by atoms with van der Waals surface area (Å²) in [5.41, 5.74) is 1.45. The highest BCUT2D eigenvalue weighted by Crippen LogP contribution is 2.47. The van der Waals surface area contributed by atoms with Crippen LogP contribution in [0.15, 0.2) is 35.9 Å². The van der Waals surface area contributed by atoms with Crippen molar-refractivity contribution < 1.29 is 27.5 Å². The van der Waals surface area contributed by atoms with Gasteiger partial charge in [0.05, 0.1) is 0 Å². The number of benzene rings is 1. The van der Waals surface area contributed by atoms with Crippen molar-refractivity contribution >= 4 is 18.1 Å². The molecule has 2 saturated carbocycles. The lowest BCUT2D eigenvalue weighted by Crippen LogP contribution is -2.51. The monoisotopic (exact) mass is 480 g/mol. The van der Waals surface area contributed by atoms with E-state index in [9.17, 15) is 22.8 Å². The molecule has 2 fully saturated rings. The molecule has 0 bridgehead atoms. The normalized spacial score (nSPS) is 25.4. The second kappa shape index (κ2) is 10.4. The van der Waals surface area contributed by atoms with Crippen molar-refractivity contribution in [2.24, 2.45) is 5.92 Å². The van der Waals surface area contributed by atoms with Crippen LogP contribution in [0.5, 0.6) is 0 Å². The Balaban J connectivity index is 1.68. The van der Waals surface area contributed by atoms with Crippen molar-refractivity contribution in [1.29, 1.82) is 0 Å². The number of ether oxygens (including phenoxy) is 1. The molecule has 0 unspecified atom stereocenters. The van der Waals surface area contributed by atoms with Gasteiger partial charge in [-0.3, -0.25) is 4.79 Å². The highest BCUT2D eigenvalue weighted by Gasteiger charge is 2.54. The smallest absolute Gasteiger partial charge is 0.444 e. The molecular weight excluding hydrogens is 445 g/mol. The van der Waals surface area contributed by atoms with Crippen LogP contribution in [0.1, 0.15) is 71.8 Å². The van der Waals surface area contributed by atoms with Crippen LogP contribution in [0.2, 0.25) is 0 Å². The molecule has 3 rings (SSSR count). The zero-order valence-corrected chi connectivity index (χ0v) is 20.3. The summed E-state index contributed by atoms with van der Waals surface area (Å²) >= 11 is 0. The number of rotatable bonds is 6. The molecule has 0 aliphatic heterocycles. The number of nitrogens with zero attached hydrogens (tertiary/aromatic N) is 1. The van der Waals surface area contributed by atoms with E-state index in [-0.39, 0.29) is 12.0 Å². The SMILES string of the molecule is CC/C(=C\c1ccccc1)[C@@H]1C[C@H]1N(C(=O)C(F)(F)F)[C@H]1CC[C@H](NC(=O)OC(C)(C)C)CC1. The van der Waals surface area contributed by atoms with E-state index in [0.717, 1.165) is 22.5 Å². The van der Waals surface area contributed by atoms with Crippen LogP contribution < -0.4 is 5.32 Å². The van der Waals surface area contributed by atoms with Gasteiger partial charge in [-0.15, -0.1) is 0 Å². The molecule has 34 heavy (non-hydrogen) atoms. The highest BCUT2D eigenvalue weighted by atomic mass is 19.4. The van der Waals surface area contributed by atoms with Crippen LogP contribution in [0.25, 0.3) is 6.08 Å². The highest BCUT2D eigenvalue weighted by molar-refractivity contribution is 5.83. The topological polar surface area (TPSA) is 58.6 Å². The third kappa shape index (κ3) is 7.00. The molecule has 188 valence electrons. The molecule has 2 atom stereocenters. The Kier molecular flexibility index (Phi) is 7.98. The van der Waals surface area contributed by atoms with Gasteiger partial charge in [-0.2, -0.15) is 13.2 Å². The number of carbonyl (C=O) groups excluding carboxylic acids is 2. The maximum Gasteiger partial charge on any atom is 0.471 e. The number of nitrogens with one attached hydrogen (secondary N) is 1. The largest absolute Gasteiger partial charge is 0.471 e. The van der Waals surface area contributed by atoms with Crippen molar-refractivity contribution in [3.63, 3.8) is 0 Å². The molecule has 5 nitrogen and oxygen atoms in total. The number of amides is 2. The second-order valence-corrected chi connectivity index (χ2v) is 10.3. The molecule has 1 aromatic carbocycles. The van der Waals surface area contributed by atoms with Crippen LogP contribution in [0.4, 0.5) is 18.0 Å². The summed E-state index contributed by atoms with van der Waals surface area (Å²) in [5, 5.41) is 2.81. The minimum Gasteiger partial charge on any atom is -0.444 e. The van der Waals surface area contributed by atoms with E-state index in [1.807, 2.05) is 43.3 Å². The van der Waals surface area contributed by atoms with Gasteiger partial charge in [-0.05, 0) is 64.9 Å². The Hall–Kier alpha value is -2.51. The van der Waals surface area contributed by atoms with Crippen molar-refractivity contribution in [3.8, 4) is 0 Å². The second-order valence-electron chi connectivity index (χ2n) is 10.3. The maximum atomic E-state index is 13.5. The van der Waals surface area contributed by atoms with Crippen molar-refractivity contribution in [1.82, 2.24) is 10.2 Å². The first-order valence-corrected chi connectivity index (χ1v) is 12.0. The van der Waals surface area contributed by atoms with E-state index < -0.39 is 35.9 Å². The average Bonchev–Trinajstić information content (AvgIpc) is 3.52. The first-order valence-electron chi connectivity index (χ1n) is 12.0. The number of carbonyl (C=O) groups is 2. The molecule has 2 aliphatic rings. The van der Waals surface area contributed by atoms with E-state index in [0.29, 0.717) is 32.1 Å². The maximum absolute atomic E-state index is 13.5. The number of hydrogen-bond acceptors (Lipinski definition) is 3. The predicted molar refractivity (Wildman–Crippen MR) is 125 cm³/mol. The zero-order valence-electron chi connectivity index (χ0n) is 20.3. The summed E-state index contributed by atoms with van der Waals surface area (Å²) in [5.74, 6) is -1.81. The summed E-state index contributed by atoms with van der Waals surface area (Å²) < 4.78 is 45.9. The molecule has 0 aromatic heterocycles. The molecule has 2 aliphatic carbocycles. The molecule has 0 saturated heterocycles. The van der Waals surface area contributed by atoms with Crippen LogP contribution >= 0.6 is 0 Å². The van der Waals surface area contributed by atoms with Crippen LogP contribution in [0.3, 0.4) is 0 Å². The number of alkyl halides is 3. The van der Waals surface area contributed by atoms with Gasteiger partial charge in [-0.1, -0.05) is 48.9 Å². The van der Waals surface area contributed by atoms with Crippen molar-refractivity contribution in [3.05, 3.63) is 41.5 Å². The summed E-state index contributed by atoms with van der Waals surface area (Å²) in [6.07, 6.45) is -0.310. The molecule has 8 heteroatoms. The van der Waals surface area contributed by atoms with Crippen LogP contribution in [-0.4, -0.2) is 46.8 Å². The minimum atomic E-state index is -4.91. The molecule has 0 radical (unpaired) electrons. The lowest BCUT2D eigenvalue weighted by atomic mass is 9.89. The third-order valence-corrected chi connectivity index (χ3v) is 6.44. The fraction of sp³-hybridized carbons (Fsp3) is 0.615. The standard InChI is InChI=1S/C26H35F3N2O3/c1-5-18(15-17-9-7-6-8-10-17)21-16-22(21)31(23(32)26(27,28)29)20-13-11-19(12-14-20)30-24(33)34-25(2,3)4/h6-10,15,19-22H,5,11-14,16H2,1-4H3,(H,30,33)/b18-15+/t19-,20-,21-,22+/m0/s1. The van der Waals surface area contributed by atoms with Gasteiger partial charge in [0.1, 0.15) is 5.60 Å². The Bertz CT molecular complexity index is 885. The fourth-order valence-corrected chi connectivity index (χ4v) is 4.83.